The second-order valence-electron chi connectivity index (χ2n) is 3.62. The first-order chi connectivity index (χ1) is 6.86. The van der Waals surface area contributed by atoms with Crippen molar-refractivity contribution in [2.75, 3.05) is 6.26 Å². The lowest BCUT2D eigenvalue weighted by Crippen LogP contribution is -2.13. The molecule has 78 valence electrons. The van der Waals surface area contributed by atoms with Gasteiger partial charge in [-0.3, -0.25) is 0 Å². The van der Waals surface area contributed by atoms with Gasteiger partial charge in [-0.1, -0.05) is 24.6 Å². The normalized spacial score (nSPS) is 17.9. The minimum atomic E-state index is 0.490. The molecule has 2 rings (SSSR count). The first-order valence-electron chi connectivity index (χ1n) is 5.04. The summed E-state index contributed by atoms with van der Waals surface area (Å²) in [4.78, 5) is 0. The van der Waals surface area contributed by atoms with Gasteiger partial charge in [0.2, 0.25) is 0 Å². The van der Waals surface area contributed by atoms with Gasteiger partial charge in [-0.25, -0.2) is 0 Å². The fourth-order valence-corrected chi connectivity index (χ4v) is 2.69. The Balaban J connectivity index is 2.31. The molecule has 2 N–H and O–H groups in total. The monoisotopic (exact) mass is 212 g/mol. The molecule has 0 saturated heterocycles. The smallest absolute Gasteiger partial charge is 0.191 e. The highest BCUT2D eigenvalue weighted by atomic mass is 32.2. The van der Waals surface area contributed by atoms with E-state index in [1.165, 1.54) is 25.7 Å². The van der Waals surface area contributed by atoms with Crippen LogP contribution < -0.4 is 5.73 Å². The van der Waals surface area contributed by atoms with E-state index in [0.29, 0.717) is 12.6 Å². The minimum absolute atomic E-state index is 0.490. The van der Waals surface area contributed by atoms with Crippen molar-refractivity contribution in [3.8, 4) is 0 Å². The highest BCUT2D eigenvalue weighted by Gasteiger charge is 2.22. The molecule has 4 nitrogen and oxygen atoms in total. The predicted molar refractivity (Wildman–Crippen MR) is 57.2 cm³/mol. The summed E-state index contributed by atoms with van der Waals surface area (Å²) in [5.74, 6) is 0.932. The molecule has 14 heavy (non-hydrogen) atoms. The lowest BCUT2D eigenvalue weighted by atomic mass is 10.2. The van der Waals surface area contributed by atoms with Crippen LogP contribution in [0.1, 0.15) is 37.5 Å². The molecule has 0 unspecified atom stereocenters. The molecule has 0 aliphatic heterocycles. The van der Waals surface area contributed by atoms with E-state index in [2.05, 4.69) is 14.8 Å². The second kappa shape index (κ2) is 4.31. The summed E-state index contributed by atoms with van der Waals surface area (Å²) >= 11 is 1.65. The maximum absolute atomic E-state index is 5.65. The number of rotatable bonds is 3. The average molecular weight is 212 g/mol. The molecule has 0 radical (unpaired) electrons. The van der Waals surface area contributed by atoms with Crippen molar-refractivity contribution in [1.29, 1.82) is 0 Å². The average Bonchev–Trinajstić information content (AvgIpc) is 2.85. The zero-order chi connectivity index (χ0) is 9.97. The third-order valence-corrected chi connectivity index (χ3v) is 3.43. The first kappa shape index (κ1) is 9.98. The van der Waals surface area contributed by atoms with Crippen LogP contribution >= 0.6 is 11.8 Å². The molecule has 5 heteroatoms. The van der Waals surface area contributed by atoms with E-state index >= 15 is 0 Å². The summed E-state index contributed by atoms with van der Waals surface area (Å²) in [7, 11) is 0. The summed E-state index contributed by atoms with van der Waals surface area (Å²) < 4.78 is 2.23. The SMILES string of the molecule is CSc1nnc(CN)n1C1CCCC1. The molecule has 0 atom stereocenters. The Morgan fingerprint density at radius 1 is 1.43 bits per heavy atom. The maximum Gasteiger partial charge on any atom is 0.191 e. The summed E-state index contributed by atoms with van der Waals surface area (Å²) in [5, 5.41) is 9.27. The molecule has 1 aromatic heterocycles. The largest absolute Gasteiger partial charge is 0.324 e. The van der Waals surface area contributed by atoms with Crippen LogP contribution in [0.4, 0.5) is 0 Å². The van der Waals surface area contributed by atoms with Crippen molar-refractivity contribution in [3.05, 3.63) is 5.82 Å². The van der Waals surface area contributed by atoms with Gasteiger partial charge in [0.15, 0.2) is 5.16 Å². The molecule has 1 aromatic rings. The van der Waals surface area contributed by atoms with Crippen LogP contribution in [0.3, 0.4) is 0 Å². The number of hydrogen-bond acceptors (Lipinski definition) is 4. The van der Waals surface area contributed by atoms with Gasteiger partial charge in [0, 0.05) is 6.04 Å². The first-order valence-corrected chi connectivity index (χ1v) is 6.27. The van der Waals surface area contributed by atoms with E-state index in [1.54, 1.807) is 11.8 Å². The lowest BCUT2D eigenvalue weighted by Gasteiger charge is -2.15. The molecule has 1 fully saturated rings. The van der Waals surface area contributed by atoms with Crippen LogP contribution in [-0.4, -0.2) is 21.0 Å². The van der Waals surface area contributed by atoms with Crippen molar-refractivity contribution >= 4 is 11.8 Å². The minimum Gasteiger partial charge on any atom is -0.324 e. The van der Waals surface area contributed by atoms with Crippen molar-refractivity contribution < 1.29 is 0 Å². The summed E-state index contributed by atoms with van der Waals surface area (Å²) in [6, 6.07) is 0.589. The quantitative estimate of drug-likeness (QED) is 0.773. The fraction of sp³-hybridized carbons (Fsp3) is 0.778. The van der Waals surface area contributed by atoms with Crippen molar-refractivity contribution in [3.63, 3.8) is 0 Å². The Morgan fingerprint density at radius 3 is 2.71 bits per heavy atom. The van der Waals surface area contributed by atoms with E-state index in [1.807, 2.05) is 6.26 Å². The van der Waals surface area contributed by atoms with Gasteiger partial charge in [0.05, 0.1) is 6.54 Å². The van der Waals surface area contributed by atoms with Crippen LogP contribution in [0.5, 0.6) is 0 Å². The third-order valence-electron chi connectivity index (χ3n) is 2.79. The van der Waals surface area contributed by atoms with Crippen molar-refractivity contribution in [2.45, 2.75) is 43.4 Å². The zero-order valence-corrected chi connectivity index (χ0v) is 9.26. The van der Waals surface area contributed by atoms with E-state index in [-0.39, 0.29) is 0 Å². The van der Waals surface area contributed by atoms with E-state index in [9.17, 15) is 0 Å². The Kier molecular flexibility index (Phi) is 3.08. The van der Waals surface area contributed by atoms with E-state index < -0.39 is 0 Å². The number of thioether (sulfide) groups is 1. The topological polar surface area (TPSA) is 56.7 Å². The van der Waals surface area contributed by atoms with Crippen LogP contribution in [-0.2, 0) is 6.54 Å². The highest BCUT2D eigenvalue weighted by molar-refractivity contribution is 7.98. The standard InChI is InChI=1S/C9H16N4S/c1-14-9-12-11-8(6-10)13(9)7-4-2-3-5-7/h7H,2-6,10H2,1H3. The zero-order valence-electron chi connectivity index (χ0n) is 8.44. The predicted octanol–water partition coefficient (Wildman–Crippen LogP) is 1.57. The fourth-order valence-electron chi connectivity index (χ4n) is 2.11. The van der Waals surface area contributed by atoms with E-state index in [4.69, 9.17) is 5.73 Å². The van der Waals surface area contributed by atoms with Crippen molar-refractivity contribution in [2.24, 2.45) is 5.73 Å². The molecule has 0 aromatic carbocycles. The summed E-state index contributed by atoms with van der Waals surface area (Å²) in [6.45, 7) is 0.490. The molecule has 1 aliphatic rings. The number of nitrogens with zero attached hydrogens (tertiary/aromatic N) is 3. The molecule has 1 heterocycles. The Labute approximate surface area is 88.3 Å². The lowest BCUT2D eigenvalue weighted by molar-refractivity contribution is 0.464. The third kappa shape index (κ3) is 1.66. The van der Waals surface area contributed by atoms with Gasteiger partial charge in [-0.2, -0.15) is 0 Å². The number of nitrogens with two attached hydrogens (primary N) is 1. The van der Waals surface area contributed by atoms with Gasteiger partial charge < -0.3 is 10.3 Å². The van der Waals surface area contributed by atoms with Gasteiger partial charge in [0.25, 0.3) is 0 Å². The van der Waals surface area contributed by atoms with Gasteiger partial charge in [0.1, 0.15) is 5.82 Å². The summed E-state index contributed by atoms with van der Waals surface area (Å²) in [6.07, 6.45) is 7.17. The molecular weight excluding hydrogens is 196 g/mol. The maximum atomic E-state index is 5.65. The van der Waals surface area contributed by atoms with E-state index in [0.717, 1.165) is 11.0 Å². The molecule has 0 spiro atoms. The van der Waals surface area contributed by atoms with Crippen LogP contribution in [0.15, 0.2) is 5.16 Å². The van der Waals surface area contributed by atoms with Crippen LogP contribution in [0.25, 0.3) is 0 Å². The molecule has 0 amide bonds. The highest BCUT2D eigenvalue weighted by Crippen LogP contribution is 2.32. The molecule has 0 bridgehead atoms. The van der Waals surface area contributed by atoms with Crippen LogP contribution in [0, 0.1) is 0 Å². The second-order valence-corrected chi connectivity index (χ2v) is 4.39. The molecule has 1 saturated carbocycles. The number of aromatic nitrogens is 3. The Morgan fingerprint density at radius 2 is 2.14 bits per heavy atom. The Bertz CT molecular complexity index is 282. The van der Waals surface area contributed by atoms with Gasteiger partial charge in [-0.05, 0) is 19.1 Å². The molecular formula is C9H16N4S. The Hall–Kier alpha value is -0.550. The van der Waals surface area contributed by atoms with Crippen molar-refractivity contribution in [1.82, 2.24) is 14.8 Å². The molecule has 1 aliphatic carbocycles. The van der Waals surface area contributed by atoms with Gasteiger partial charge in [-0.15, -0.1) is 10.2 Å². The summed E-state index contributed by atoms with van der Waals surface area (Å²) in [5.41, 5.74) is 5.65. The van der Waals surface area contributed by atoms with Gasteiger partial charge >= 0.3 is 0 Å². The van der Waals surface area contributed by atoms with Crippen LogP contribution in [0.2, 0.25) is 0 Å². The number of hydrogen-bond donors (Lipinski definition) is 1.